The van der Waals surface area contributed by atoms with E-state index in [1.165, 1.54) is 0 Å². The van der Waals surface area contributed by atoms with Crippen molar-refractivity contribution in [1.29, 1.82) is 5.26 Å². The Morgan fingerprint density at radius 2 is 2.14 bits per heavy atom. The van der Waals surface area contributed by atoms with Gasteiger partial charge < -0.3 is 10.2 Å². The summed E-state index contributed by atoms with van der Waals surface area (Å²) in [4.78, 5) is 18.9. The number of aromatic nitrogens is 1. The van der Waals surface area contributed by atoms with Crippen LogP contribution in [0.5, 0.6) is 0 Å². The summed E-state index contributed by atoms with van der Waals surface area (Å²) in [6.07, 6.45) is 1.12. The summed E-state index contributed by atoms with van der Waals surface area (Å²) in [5.41, 5.74) is 1.52. The number of nitrogens with one attached hydrogen (secondary N) is 1. The molecule has 1 N–H and O–H groups in total. The molecule has 0 saturated carbocycles. The molecule has 0 unspecified atom stereocenters. The van der Waals surface area contributed by atoms with E-state index in [0.717, 1.165) is 24.5 Å². The molecule has 0 aliphatic heterocycles. The largest absolute Gasteiger partial charge is 0.370 e. The van der Waals surface area contributed by atoms with Crippen LogP contribution < -0.4 is 5.32 Å². The number of nitriles is 1. The van der Waals surface area contributed by atoms with Crippen LogP contribution in [0.1, 0.15) is 50.2 Å². The van der Waals surface area contributed by atoms with Gasteiger partial charge in [-0.15, -0.1) is 0 Å². The number of rotatable bonds is 7. The van der Waals surface area contributed by atoms with E-state index in [0.29, 0.717) is 18.5 Å². The van der Waals surface area contributed by atoms with Crippen LogP contribution in [0.4, 0.5) is 5.82 Å². The molecule has 5 nitrogen and oxygen atoms in total. The zero-order valence-corrected chi connectivity index (χ0v) is 13.3. The van der Waals surface area contributed by atoms with Gasteiger partial charge in [0, 0.05) is 30.4 Å². The van der Waals surface area contributed by atoms with Gasteiger partial charge in [0.15, 0.2) is 0 Å². The Bertz CT molecular complexity index is 519. The van der Waals surface area contributed by atoms with Crippen molar-refractivity contribution in [3.63, 3.8) is 0 Å². The lowest BCUT2D eigenvalue weighted by Gasteiger charge is -2.26. The molecule has 0 atom stereocenters. The van der Waals surface area contributed by atoms with E-state index in [2.05, 4.69) is 16.4 Å². The van der Waals surface area contributed by atoms with Crippen molar-refractivity contribution >= 4 is 11.7 Å². The molecule has 0 aromatic carbocycles. The monoisotopic (exact) mass is 288 g/mol. The first kappa shape index (κ1) is 17.0. The van der Waals surface area contributed by atoms with Crippen LogP contribution in [0.2, 0.25) is 0 Å². The zero-order valence-electron chi connectivity index (χ0n) is 13.3. The highest BCUT2D eigenvalue weighted by Crippen LogP contribution is 2.15. The summed E-state index contributed by atoms with van der Waals surface area (Å²) in [5.74, 6) is 0.681. The van der Waals surface area contributed by atoms with Crippen molar-refractivity contribution in [3.8, 4) is 6.07 Å². The second-order valence-corrected chi connectivity index (χ2v) is 5.12. The molecule has 0 radical (unpaired) electrons. The quantitative estimate of drug-likeness (QED) is 0.837. The predicted octanol–water partition coefficient (Wildman–Crippen LogP) is 2.84. The molecular weight excluding hydrogens is 264 g/mol. The van der Waals surface area contributed by atoms with Crippen LogP contribution in [0, 0.1) is 11.3 Å². The van der Waals surface area contributed by atoms with E-state index in [9.17, 15) is 4.79 Å². The van der Waals surface area contributed by atoms with E-state index in [4.69, 9.17) is 5.26 Å². The van der Waals surface area contributed by atoms with Crippen LogP contribution in [-0.4, -0.2) is 34.9 Å². The minimum Gasteiger partial charge on any atom is -0.370 e. The van der Waals surface area contributed by atoms with E-state index in [1.54, 1.807) is 11.0 Å². The van der Waals surface area contributed by atoms with Gasteiger partial charge in [0.1, 0.15) is 5.82 Å². The zero-order chi connectivity index (χ0) is 15.8. The van der Waals surface area contributed by atoms with Gasteiger partial charge in [-0.05, 0) is 39.3 Å². The van der Waals surface area contributed by atoms with Crippen molar-refractivity contribution in [1.82, 2.24) is 9.88 Å². The molecule has 1 heterocycles. The molecule has 114 valence electrons. The van der Waals surface area contributed by atoms with Crippen molar-refractivity contribution in [2.75, 3.05) is 18.4 Å². The fraction of sp³-hybridized carbons (Fsp3) is 0.562. The smallest absolute Gasteiger partial charge is 0.254 e. The first-order valence-corrected chi connectivity index (χ1v) is 7.46. The number of aryl methyl sites for hydroxylation is 1. The van der Waals surface area contributed by atoms with Gasteiger partial charge in [-0.2, -0.15) is 5.26 Å². The van der Waals surface area contributed by atoms with Gasteiger partial charge >= 0.3 is 0 Å². The molecule has 0 aliphatic rings. The molecule has 0 bridgehead atoms. The maximum Gasteiger partial charge on any atom is 0.254 e. The van der Waals surface area contributed by atoms with Gasteiger partial charge in [0.2, 0.25) is 0 Å². The van der Waals surface area contributed by atoms with Crippen LogP contribution >= 0.6 is 0 Å². The normalized spacial score (nSPS) is 10.3. The standard InChI is InChI=1S/C16H24N4O/c1-5-14-10-13(11-15(19-14)18-6-2)16(21)20(12(3)4)9-7-8-17/h10-12H,5-7,9H2,1-4H3,(H,18,19). The summed E-state index contributed by atoms with van der Waals surface area (Å²) in [5, 5.41) is 11.9. The second-order valence-electron chi connectivity index (χ2n) is 5.12. The first-order valence-electron chi connectivity index (χ1n) is 7.46. The van der Waals surface area contributed by atoms with Crippen molar-refractivity contribution in [2.24, 2.45) is 0 Å². The molecular formula is C16H24N4O. The molecule has 0 saturated heterocycles. The molecule has 1 rings (SSSR count). The van der Waals surface area contributed by atoms with Crippen molar-refractivity contribution < 1.29 is 4.79 Å². The summed E-state index contributed by atoms with van der Waals surface area (Å²) in [6, 6.07) is 5.78. The van der Waals surface area contributed by atoms with Crippen LogP contribution in [0.25, 0.3) is 0 Å². The van der Waals surface area contributed by atoms with Gasteiger partial charge in [-0.25, -0.2) is 4.98 Å². The van der Waals surface area contributed by atoms with Crippen molar-refractivity contribution in [3.05, 3.63) is 23.4 Å². The predicted molar refractivity (Wildman–Crippen MR) is 84.2 cm³/mol. The minimum atomic E-state index is -0.0449. The third-order valence-electron chi connectivity index (χ3n) is 3.19. The van der Waals surface area contributed by atoms with Crippen LogP contribution in [-0.2, 0) is 6.42 Å². The lowest BCUT2D eigenvalue weighted by Crippen LogP contribution is -2.37. The average molecular weight is 288 g/mol. The molecule has 0 aliphatic carbocycles. The van der Waals surface area contributed by atoms with E-state index in [1.807, 2.05) is 33.8 Å². The summed E-state index contributed by atoms with van der Waals surface area (Å²) < 4.78 is 0. The molecule has 21 heavy (non-hydrogen) atoms. The molecule has 1 amide bonds. The minimum absolute atomic E-state index is 0.0449. The number of carbonyl (C=O) groups excluding carboxylic acids is 1. The summed E-state index contributed by atoms with van der Waals surface area (Å²) in [6.45, 7) is 9.14. The Morgan fingerprint density at radius 1 is 1.43 bits per heavy atom. The molecule has 1 aromatic rings. The van der Waals surface area contributed by atoms with Crippen molar-refractivity contribution in [2.45, 2.75) is 46.6 Å². The molecule has 5 heteroatoms. The maximum absolute atomic E-state index is 12.7. The Hall–Kier alpha value is -2.09. The maximum atomic E-state index is 12.7. The number of hydrogen-bond acceptors (Lipinski definition) is 4. The highest BCUT2D eigenvalue weighted by molar-refractivity contribution is 5.95. The Labute approximate surface area is 127 Å². The number of carbonyl (C=O) groups is 1. The SMILES string of the molecule is CCNc1cc(C(=O)N(CCC#N)C(C)C)cc(CC)n1. The topological polar surface area (TPSA) is 69.0 Å². The lowest BCUT2D eigenvalue weighted by molar-refractivity contribution is 0.0710. The van der Waals surface area contributed by atoms with Gasteiger partial charge in [-0.3, -0.25) is 4.79 Å². The lowest BCUT2D eigenvalue weighted by atomic mass is 10.1. The molecule has 1 aromatic heterocycles. The van der Waals surface area contributed by atoms with Gasteiger partial charge in [0.25, 0.3) is 5.91 Å². The van der Waals surface area contributed by atoms with Crippen LogP contribution in [0.15, 0.2) is 12.1 Å². The number of nitrogens with zero attached hydrogens (tertiary/aromatic N) is 3. The number of pyridine rings is 1. The van der Waals surface area contributed by atoms with E-state index >= 15 is 0 Å². The van der Waals surface area contributed by atoms with Gasteiger partial charge in [-0.1, -0.05) is 6.92 Å². The summed E-state index contributed by atoms with van der Waals surface area (Å²) >= 11 is 0. The highest BCUT2D eigenvalue weighted by Gasteiger charge is 2.19. The fourth-order valence-corrected chi connectivity index (χ4v) is 2.09. The Kier molecular flexibility index (Phi) is 6.67. The third-order valence-corrected chi connectivity index (χ3v) is 3.19. The summed E-state index contributed by atoms with van der Waals surface area (Å²) in [7, 11) is 0. The van der Waals surface area contributed by atoms with Gasteiger partial charge in [0.05, 0.1) is 12.5 Å². The highest BCUT2D eigenvalue weighted by atomic mass is 16.2. The second kappa shape index (κ2) is 8.25. The number of hydrogen-bond donors (Lipinski definition) is 1. The number of anilines is 1. The third kappa shape index (κ3) is 4.75. The first-order chi connectivity index (χ1) is 10.0. The average Bonchev–Trinajstić information content (AvgIpc) is 2.47. The molecule has 0 spiro atoms. The number of amides is 1. The fourth-order valence-electron chi connectivity index (χ4n) is 2.09. The van der Waals surface area contributed by atoms with Crippen LogP contribution in [0.3, 0.4) is 0 Å². The molecule has 0 fully saturated rings. The Morgan fingerprint density at radius 3 is 2.67 bits per heavy atom. The van der Waals surface area contributed by atoms with E-state index in [-0.39, 0.29) is 11.9 Å². The Balaban J connectivity index is 3.08. The van der Waals surface area contributed by atoms with E-state index < -0.39 is 0 Å².